The number of hydrogen-bond donors (Lipinski definition) is 0. The molecule has 0 aromatic heterocycles. The van der Waals surface area contributed by atoms with Crippen LogP contribution in [-0.2, 0) is 20.7 Å². The average Bonchev–Trinajstić information content (AvgIpc) is 2.62. The Bertz CT molecular complexity index is 887. The van der Waals surface area contributed by atoms with E-state index in [1.165, 1.54) is 0 Å². The fraction of sp³-hybridized carbons (Fsp3) is 0.391. The van der Waals surface area contributed by atoms with Gasteiger partial charge in [0, 0.05) is 4.47 Å². The minimum atomic E-state index is -1.01. The van der Waals surface area contributed by atoms with Gasteiger partial charge >= 0.3 is 0 Å². The van der Waals surface area contributed by atoms with Crippen LogP contribution in [0.15, 0.2) is 46.9 Å². The molecule has 0 saturated carbocycles. The Morgan fingerprint density at radius 2 is 1.46 bits per heavy atom. The van der Waals surface area contributed by atoms with Gasteiger partial charge in [-0.3, -0.25) is 9.59 Å². The molecule has 0 spiro atoms. The fourth-order valence-electron chi connectivity index (χ4n) is 3.71. The molecule has 4 nitrogen and oxygen atoms in total. The third-order valence-corrected chi connectivity index (χ3v) is 5.61. The van der Waals surface area contributed by atoms with E-state index < -0.39 is 17.1 Å². The zero-order valence-corrected chi connectivity index (χ0v) is 18.4. The highest BCUT2D eigenvalue weighted by atomic mass is 79.9. The Morgan fingerprint density at radius 1 is 0.929 bits per heavy atom. The summed E-state index contributed by atoms with van der Waals surface area (Å²) in [6, 6.07) is 13.1. The van der Waals surface area contributed by atoms with Crippen molar-refractivity contribution in [1.82, 2.24) is 0 Å². The van der Waals surface area contributed by atoms with E-state index in [-0.39, 0.29) is 11.6 Å². The minimum absolute atomic E-state index is 0.201. The second kappa shape index (κ2) is 7.45. The maximum atomic E-state index is 13.0. The van der Waals surface area contributed by atoms with Crippen molar-refractivity contribution in [3.8, 4) is 11.5 Å². The van der Waals surface area contributed by atoms with E-state index in [9.17, 15) is 9.59 Å². The van der Waals surface area contributed by atoms with E-state index in [0.717, 1.165) is 21.3 Å². The topological polar surface area (TPSA) is 52.6 Å². The van der Waals surface area contributed by atoms with E-state index in [1.807, 2.05) is 49.4 Å². The molecule has 0 amide bonds. The average molecular weight is 445 g/mol. The summed E-state index contributed by atoms with van der Waals surface area (Å²) in [5.74, 6) is 0.170. The third kappa shape index (κ3) is 3.91. The first-order chi connectivity index (χ1) is 13.0. The molecule has 0 unspecified atom stereocenters. The van der Waals surface area contributed by atoms with Gasteiger partial charge in [-0.1, -0.05) is 28.9 Å². The zero-order chi connectivity index (χ0) is 20.7. The molecule has 2 aromatic rings. The van der Waals surface area contributed by atoms with Crippen molar-refractivity contribution < 1.29 is 19.1 Å². The second-order valence-corrected chi connectivity index (χ2v) is 8.97. The van der Waals surface area contributed by atoms with Crippen LogP contribution >= 0.6 is 15.9 Å². The number of aryl methyl sites for hydroxylation is 1. The van der Waals surface area contributed by atoms with Gasteiger partial charge in [0.1, 0.15) is 28.6 Å². The number of carbonyl (C=O) groups excluding carboxylic acids is 2. The summed E-state index contributed by atoms with van der Waals surface area (Å²) in [7, 11) is 0. The number of rotatable bonds is 4. The molecular weight excluding hydrogens is 420 g/mol. The van der Waals surface area contributed by atoms with E-state index in [1.54, 1.807) is 27.7 Å². The Labute approximate surface area is 174 Å². The summed E-state index contributed by atoms with van der Waals surface area (Å²) >= 11 is 3.41. The van der Waals surface area contributed by atoms with Gasteiger partial charge in [0.15, 0.2) is 11.6 Å². The molecule has 1 saturated heterocycles. The van der Waals surface area contributed by atoms with Crippen LogP contribution in [0.25, 0.3) is 0 Å². The predicted octanol–water partition coefficient (Wildman–Crippen LogP) is 5.61. The summed E-state index contributed by atoms with van der Waals surface area (Å²) in [6.07, 6.45) is 0.686. The van der Waals surface area contributed by atoms with Crippen molar-refractivity contribution in [3.05, 3.63) is 58.1 Å². The molecule has 1 fully saturated rings. The van der Waals surface area contributed by atoms with Gasteiger partial charge in [0.05, 0.1) is 0 Å². The van der Waals surface area contributed by atoms with Crippen LogP contribution in [0.1, 0.15) is 51.7 Å². The van der Waals surface area contributed by atoms with Gasteiger partial charge in [-0.2, -0.15) is 0 Å². The van der Waals surface area contributed by atoms with Crippen LogP contribution in [0.2, 0.25) is 0 Å². The lowest BCUT2D eigenvalue weighted by Crippen LogP contribution is -2.58. The lowest BCUT2D eigenvalue weighted by atomic mass is 9.74. The Morgan fingerprint density at radius 3 is 2.00 bits per heavy atom. The fourth-order valence-corrected chi connectivity index (χ4v) is 3.97. The Hall–Kier alpha value is -1.98. The summed E-state index contributed by atoms with van der Waals surface area (Å²) in [6.45, 7) is 8.92. The number of benzene rings is 2. The highest BCUT2D eigenvalue weighted by Crippen LogP contribution is 2.40. The second-order valence-electron chi connectivity index (χ2n) is 8.05. The normalized spacial score (nSPS) is 18.9. The van der Waals surface area contributed by atoms with Crippen molar-refractivity contribution >= 4 is 27.5 Å². The van der Waals surface area contributed by atoms with Crippen molar-refractivity contribution in [3.63, 3.8) is 0 Å². The Balaban J connectivity index is 1.98. The smallest absolute Gasteiger partial charge is 0.179 e. The number of hydrogen-bond acceptors (Lipinski definition) is 4. The molecule has 5 heteroatoms. The van der Waals surface area contributed by atoms with Crippen LogP contribution in [-0.4, -0.2) is 22.8 Å². The highest BCUT2D eigenvalue weighted by Gasteiger charge is 2.53. The number of halogens is 1. The third-order valence-electron chi connectivity index (χ3n) is 5.08. The van der Waals surface area contributed by atoms with Gasteiger partial charge in [-0.25, -0.2) is 0 Å². The molecule has 3 rings (SSSR count). The summed E-state index contributed by atoms with van der Waals surface area (Å²) in [4.78, 5) is 26.1. The van der Waals surface area contributed by atoms with Crippen molar-refractivity contribution in [1.29, 1.82) is 0 Å². The quantitative estimate of drug-likeness (QED) is 0.574. The van der Waals surface area contributed by atoms with Gasteiger partial charge in [-0.15, -0.1) is 0 Å². The molecule has 0 atom stereocenters. The summed E-state index contributed by atoms with van der Waals surface area (Å²) in [5, 5.41) is 0. The van der Waals surface area contributed by atoms with E-state index in [0.29, 0.717) is 12.2 Å². The summed E-state index contributed by atoms with van der Waals surface area (Å²) in [5.41, 5.74) is -0.362. The van der Waals surface area contributed by atoms with Crippen LogP contribution < -0.4 is 4.74 Å². The molecule has 1 aliphatic heterocycles. The minimum Gasteiger partial charge on any atom is -0.457 e. The molecule has 148 valence electrons. The lowest BCUT2D eigenvalue weighted by molar-refractivity contribution is -0.184. The first-order valence-corrected chi connectivity index (χ1v) is 10.2. The highest BCUT2D eigenvalue weighted by molar-refractivity contribution is 9.10. The number of ether oxygens (including phenoxy) is 2. The molecule has 28 heavy (non-hydrogen) atoms. The monoisotopic (exact) mass is 444 g/mol. The molecule has 0 aliphatic carbocycles. The van der Waals surface area contributed by atoms with Crippen LogP contribution in [0.3, 0.4) is 0 Å². The number of ketones is 2. The molecule has 0 bridgehead atoms. The van der Waals surface area contributed by atoms with E-state index in [4.69, 9.17) is 9.47 Å². The largest absolute Gasteiger partial charge is 0.457 e. The zero-order valence-electron chi connectivity index (χ0n) is 16.8. The molecule has 0 radical (unpaired) electrons. The number of carbonyl (C=O) groups is 2. The van der Waals surface area contributed by atoms with Crippen LogP contribution in [0.4, 0.5) is 0 Å². The van der Waals surface area contributed by atoms with Gasteiger partial charge in [0.25, 0.3) is 0 Å². The first-order valence-electron chi connectivity index (χ1n) is 9.40. The predicted molar refractivity (Wildman–Crippen MR) is 112 cm³/mol. The maximum absolute atomic E-state index is 13.0. The maximum Gasteiger partial charge on any atom is 0.179 e. The standard InChI is InChI=1S/C23H25BrO4/c1-6-14-13-17(27-16-9-7-15(24)8-10-16)11-12-18(14)19-20(25)22(2,3)28-23(4,5)21(19)26/h7-13,19H,6H2,1-5H3. The van der Waals surface area contributed by atoms with Gasteiger partial charge < -0.3 is 9.47 Å². The molecule has 2 aromatic carbocycles. The molecule has 1 aliphatic rings. The van der Waals surface area contributed by atoms with E-state index >= 15 is 0 Å². The SMILES string of the molecule is CCc1cc(Oc2ccc(Br)cc2)ccc1C1C(=O)C(C)(C)OC(C)(C)C1=O. The lowest BCUT2D eigenvalue weighted by Gasteiger charge is -2.43. The molecular formula is C23H25BrO4. The Kier molecular flexibility index (Phi) is 5.52. The van der Waals surface area contributed by atoms with E-state index in [2.05, 4.69) is 15.9 Å². The molecule has 0 N–H and O–H groups in total. The number of Topliss-reactive ketones (excluding diaryl/α,β-unsaturated/α-hetero) is 2. The summed E-state index contributed by atoms with van der Waals surface area (Å²) < 4.78 is 12.7. The first kappa shape index (κ1) is 20.7. The van der Waals surface area contributed by atoms with Crippen molar-refractivity contribution in [2.45, 2.75) is 58.2 Å². The van der Waals surface area contributed by atoms with Crippen molar-refractivity contribution in [2.24, 2.45) is 0 Å². The van der Waals surface area contributed by atoms with Crippen LogP contribution in [0.5, 0.6) is 11.5 Å². The van der Waals surface area contributed by atoms with Gasteiger partial charge in [-0.05, 0) is 81.6 Å². The van der Waals surface area contributed by atoms with Crippen molar-refractivity contribution in [2.75, 3.05) is 0 Å². The van der Waals surface area contributed by atoms with Crippen LogP contribution in [0, 0.1) is 0 Å². The van der Waals surface area contributed by atoms with Gasteiger partial charge in [0.2, 0.25) is 0 Å². The molecule has 1 heterocycles.